The third kappa shape index (κ3) is 5.24. The largest absolute Gasteiger partial charge is 0.380 e. The number of unbranched alkanes of at least 4 members (excludes halogenated alkanes) is 1. The van der Waals surface area contributed by atoms with Crippen molar-refractivity contribution in [3.05, 3.63) is 0 Å². The molecule has 1 saturated heterocycles. The van der Waals surface area contributed by atoms with Gasteiger partial charge in [0, 0.05) is 19.7 Å². The molecule has 0 unspecified atom stereocenters. The molecule has 0 aromatic heterocycles. The first-order valence-corrected chi connectivity index (χ1v) is 5.38. The summed E-state index contributed by atoms with van der Waals surface area (Å²) < 4.78 is 5.40. The predicted octanol–water partition coefficient (Wildman–Crippen LogP) is 0.708. The van der Waals surface area contributed by atoms with E-state index in [1.165, 1.54) is 32.4 Å². The first-order chi connectivity index (χ1) is 6.43. The monoisotopic (exact) mass is 186 g/mol. The molecule has 0 aromatic carbocycles. The highest BCUT2D eigenvalue weighted by molar-refractivity contribution is 4.61. The lowest BCUT2D eigenvalue weighted by molar-refractivity contribution is 0.141. The zero-order valence-electron chi connectivity index (χ0n) is 8.72. The average molecular weight is 186 g/mol. The van der Waals surface area contributed by atoms with Crippen molar-refractivity contribution in [2.24, 2.45) is 0 Å². The topological polar surface area (TPSA) is 24.5 Å². The number of hydrogen-bond donors (Lipinski definition) is 1. The standard InChI is InChI=1S/C10H22N2O/c1-11-5-2-3-6-12-7-4-9-13-10-8-12/h11H,2-10H2,1H3. The Bertz CT molecular complexity index is 111. The fourth-order valence-corrected chi connectivity index (χ4v) is 1.66. The molecule has 1 fully saturated rings. The van der Waals surface area contributed by atoms with E-state index in [2.05, 4.69) is 10.2 Å². The highest BCUT2D eigenvalue weighted by Gasteiger charge is 2.07. The van der Waals surface area contributed by atoms with Gasteiger partial charge in [0.2, 0.25) is 0 Å². The van der Waals surface area contributed by atoms with Crippen LogP contribution in [-0.2, 0) is 4.74 Å². The maximum atomic E-state index is 5.40. The molecule has 3 nitrogen and oxygen atoms in total. The third-order valence-electron chi connectivity index (χ3n) is 2.47. The maximum absolute atomic E-state index is 5.40. The molecule has 1 heterocycles. The van der Waals surface area contributed by atoms with Crippen molar-refractivity contribution in [1.29, 1.82) is 0 Å². The maximum Gasteiger partial charge on any atom is 0.0593 e. The van der Waals surface area contributed by atoms with Gasteiger partial charge in [0.15, 0.2) is 0 Å². The van der Waals surface area contributed by atoms with Crippen LogP contribution in [0.25, 0.3) is 0 Å². The zero-order chi connectivity index (χ0) is 9.36. The van der Waals surface area contributed by atoms with Crippen molar-refractivity contribution < 1.29 is 4.74 Å². The van der Waals surface area contributed by atoms with Gasteiger partial charge in [0.25, 0.3) is 0 Å². The van der Waals surface area contributed by atoms with Crippen LogP contribution in [0, 0.1) is 0 Å². The smallest absolute Gasteiger partial charge is 0.0593 e. The van der Waals surface area contributed by atoms with Crippen molar-refractivity contribution in [1.82, 2.24) is 10.2 Å². The van der Waals surface area contributed by atoms with Crippen LogP contribution in [0.2, 0.25) is 0 Å². The van der Waals surface area contributed by atoms with Crippen LogP contribution in [0.15, 0.2) is 0 Å². The molecule has 1 N–H and O–H groups in total. The minimum atomic E-state index is 0.923. The second kappa shape index (κ2) is 7.30. The summed E-state index contributed by atoms with van der Waals surface area (Å²) in [7, 11) is 2.01. The lowest BCUT2D eigenvalue weighted by Gasteiger charge is -2.18. The Kier molecular flexibility index (Phi) is 6.15. The van der Waals surface area contributed by atoms with Gasteiger partial charge in [0.05, 0.1) is 6.61 Å². The normalized spacial score (nSPS) is 20.1. The van der Waals surface area contributed by atoms with E-state index < -0.39 is 0 Å². The number of nitrogens with zero attached hydrogens (tertiary/aromatic N) is 1. The number of rotatable bonds is 5. The summed E-state index contributed by atoms with van der Waals surface area (Å²) in [6.07, 6.45) is 3.79. The van der Waals surface area contributed by atoms with E-state index in [1.54, 1.807) is 0 Å². The highest BCUT2D eigenvalue weighted by Crippen LogP contribution is 2.00. The van der Waals surface area contributed by atoms with Crippen LogP contribution in [0.1, 0.15) is 19.3 Å². The molecule has 1 aliphatic rings. The summed E-state index contributed by atoms with van der Waals surface area (Å²) in [6, 6.07) is 0. The average Bonchev–Trinajstić information content (AvgIpc) is 2.41. The van der Waals surface area contributed by atoms with E-state index in [9.17, 15) is 0 Å². The van der Waals surface area contributed by atoms with Crippen LogP contribution >= 0.6 is 0 Å². The molecular formula is C10H22N2O. The number of nitrogens with one attached hydrogen (secondary N) is 1. The SMILES string of the molecule is CNCCCCN1CCCOCC1. The third-order valence-corrected chi connectivity index (χ3v) is 2.47. The van der Waals surface area contributed by atoms with E-state index in [0.717, 1.165) is 26.3 Å². The minimum Gasteiger partial charge on any atom is -0.380 e. The van der Waals surface area contributed by atoms with E-state index >= 15 is 0 Å². The highest BCUT2D eigenvalue weighted by atomic mass is 16.5. The van der Waals surface area contributed by atoms with E-state index in [4.69, 9.17) is 4.74 Å². The summed E-state index contributed by atoms with van der Waals surface area (Å²) in [5.41, 5.74) is 0. The van der Waals surface area contributed by atoms with Crippen LogP contribution in [-0.4, -0.2) is 51.3 Å². The van der Waals surface area contributed by atoms with Gasteiger partial charge in [-0.15, -0.1) is 0 Å². The summed E-state index contributed by atoms with van der Waals surface area (Å²) in [5.74, 6) is 0. The molecule has 0 atom stereocenters. The van der Waals surface area contributed by atoms with Gasteiger partial charge in [-0.2, -0.15) is 0 Å². The van der Waals surface area contributed by atoms with Crippen molar-refractivity contribution in [3.8, 4) is 0 Å². The van der Waals surface area contributed by atoms with Crippen molar-refractivity contribution >= 4 is 0 Å². The van der Waals surface area contributed by atoms with Gasteiger partial charge in [-0.25, -0.2) is 0 Å². The molecule has 78 valence electrons. The first-order valence-electron chi connectivity index (χ1n) is 5.38. The van der Waals surface area contributed by atoms with Gasteiger partial charge in [-0.3, -0.25) is 0 Å². The summed E-state index contributed by atoms with van der Waals surface area (Å²) in [5, 5.41) is 3.17. The van der Waals surface area contributed by atoms with Crippen molar-refractivity contribution in [2.75, 3.05) is 46.4 Å². The van der Waals surface area contributed by atoms with Gasteiger partial charge >= 0.3 is 0 Å². The summed E-state index contributed by atoms with van der Waals surface area (Å²) in [6.45, 7) is 6.60. The molecule has 0 aromatic rings. The van der Waals surface area contributed by atoms with Crippen LogP contribution in [0.3, 0.4) is 0 Å². The fourth-order valence-electron chi connectivity index (χ4n) is 1.66. The molecule has 0 bridgehead atoms. The van der Waals surface area contributed by atoms with Gasteiger partial charge < -0.3 is 15.0 Å². The Labute approximate surface area is 81.4 Å². The van der Waals surface area contributed by atoms with E-state index in [0.29, 0.717) is 0 Å². The quantitative estimate of drug-likeness (QED) is 0.640. The molecule has 0 spiro atoms. The van der Waals surface area contributed by atoms with Crippen LogP contribution in [0.4, 0.5) is 0 Å². The Balaban J connectivity index is 1.98. The van der Waals surface area contributed by atoms with Crippen molar-refractivity contribution in [3.63, 3.8) is 0 Å². The predicted molar refractivity (Wildman–Crippen MR) is 55.0 cm³/mol. The Morgan fingerprint density at radius 2 is 2.15 bits per heavy atom. The molecule has 1 aliphatic heterocycles. The van der Waals surface area contributed by atoms with E-state index in [1.807, 2.05) is 7.05 Å². The molecule has 3 heteroatoms. The zero-order valence-corrected chi connectivity index (χ0v) is 8.72. The summed E-state index contributed by atoms with van der Waals surface area (Å²) in [4.78, 5) is 2.52. The number of hydrogen-bond acceptors (Lipinski definition) is 3. The fraction of sp³-hybridized carbons (Fsp3) is 1.00. The minimum absolute atomic E-state index is 0.923. The molecule has 0 saturated carbocycles. The van der Waals surface area contributed by atoms with Gasteiger partial charge in [-0.05, 0) is 39.4 Å². The van der Waals surface area contributed by atoms with E-state index in [-0.39, 0.29) is 0 Å². The molecular weight excluding hydrogens is 164 g/mol. The summed E-state index contributed by atoms with van der Waals surface area (Å²) >= 11 is 0. The van der Waals surface area contributed by atoms with Gasteiger partial charge in [0.1, 0.15) is 0 Å². The molecule has 0 amide bonds. The van der Waals surface area contributed by atoms with Crippen molar-refractivity contribution in [2.45, 2.75) is 19.3 Å². The van der Waals surface area contributed by atoms with Gasteiger partial charge in [-0.1, -0.05) is 0 Å². The Morgan fingerprint density at radius 1 is 1.23 bits per heavy atom. The first kappa shape index (κ1) is 11.0. The van der Waals surface area contributed by atoms with Crippen LogP contribution < -0.4 is 5.32 Å². The molecule has 0 aliphatic carbocycles. The second-order valence-electron chi connectivity index (χ2n) is 3.62. The molecule has 0 radical (unpaired) electrons. The van der Waals surface area contributed by atoms with Crippen LogP contribution in [0.5, 0.6) is 0 Å². The Hall–Kier alpha value is -0.120. The second-order valence-corrected chi connectivity index (χ2v) is 3.62. The lowest BCUT2D eigenvalue weighted by atomic mass is 10.3. The molecule has 1 rings (SSSR count). The lowest BCUT2D eigenvalue weighted by Crippen LogP contribution is -2.27. The number of ether oxygens (including phenoxy) is 1. The Morgan fingerprint density at radius 3 is 3.00 bits per heavy atom. The molecule has 13 heavy (non-hydrogen) atoms.